The van der Waals surface area contributed by atoms with Gasteiger partial charge in [-0.1, -0.05) is 6.92 Å². The molecule has 1 heterocycles. The minimum absolute atomic E-state index is 0.0212. The molecule has 5 heteroatoms. The molecule has 0 aromatic heterocycles. The van der Waals surface area contributed by atoms with Gasteiger partial charge in [0.1, 0.15) is 11.5 Å². The van der Waals surface area contributed by atoms with Gasteiger partial charge in [-0.2, -0.15) is 0 Å². The van der Waals surface area contributed by atoms with Crippen LogP contribution in [0.3, 0.4) is 0 Å². The van der Waals surface area contributed by atoms with E-state index in [1.54, 1.807) is 17.0 Å². The topological polar surface area (TPSA) is 59.0 Å². The fraction of sp³-hybridized carbons (Fsp3) is 0.500. The Morgan fingerprint density at radius 2 is 2.37 bits per heavy atom. The van der Waals surface area contributed by atoms with Gasteiger partial charge in [0.05, 0.1) is 31.9 Å². The molecule has 1 aliphatic rings. The first-order chi connectivity index (χ1) is 9.17. The summed E-state index contributed by atoms with van der Waals surface area (Å²) < 4.78 is 10.5. The molecule has 1 atom stereocenters. The lowest BCUT2D eigenvalue weighted by Crippen LogP contribution is -2.48. The van der Waals surface area contributed by atoms with Crippen LogP contribution in [0.5, 0.6) is 11.5 Å². The Labute approximate surface area is 112 Å². The second-order valence-corrected chi connectivity index (χ2v) is 4.52. The average molecular weight is 265 g/mol. The molecule has 0 radical (unpaired) electrons. The van der Waals surface area contributed by atoms with Crippen LogP contribution in [-0.4, -0.2) is 48.8 Å². The minimum atomic E-state index is -0.174. The molecule has 1 amide bonds. The maximum Gasteiger partial charge on any atom is 0.258 e. The second-order valence-electron chi connectivity index (χ2n) is 4.52. The minimum Gasteiger partial charge on any atom is -0.507 e. The van der Waals surface area contributed by atoms with Crippen molar-refractivity contribution in [3.8, 4) is 11.5 Å². The van der Waals surface area contributed by atoms with Crippen LogP contribution in [0.4, 0.5) is 0 Å². The lowest BCUT2D eigenvalue weighted by Gasteiger charge is -2.35. The summed E-state index contributed by atoms with van der Waals surface area (Å²) in [5.74, 6) is 0.362. The van der Waals surface area contributed by atoms with Crippen molar-refractivity contribution in [2.75, 3.05) is 26.9 Å². The Balaban J connectivity index is 2.27. The number of methoxy groups -OCH3 is 1. The first-order valence-corrected chi connectivity index (χ1v) is 6.43. The Morgan fingerprint density at radius 1 is 1.58 bits per heavy atom. The molecule has 104 valence electrons. The van der Waals surface area contributed by atoms with Crippen molar-refractivity contribution < 1.29 is 19.4 Å². The molecule has 2 rings (SSSR count). The SMILES string of the molecule is CCC1COCCN1C(=O)c1cc(OC)ccc1O. The number of carbonyl (C=O) groups excluding carboxylic acids is 1. The second kappa shape index (κ2) is 5.93. The third-order valence-corrected chi connectivity index (χ3v) is 3.39. The van der Waals surface area contributed by atoms with Crippen LogP contribution >= 0.6 is 0 Å². The smallest absolute Gasteiger partial charge is 0.258 e. The van der Waals surface area contributed by atoms with E-state index in [1.165, 1.54) is 13.2 Å². The molecule has 1 unspecified atom stereocenters. The fourth-order valence-corrected chi connectivity index (χ4v) is 2.23. The summed E-state index contributed by atoms with van der Waals surface area (Å²) in [6.45, 7) is 3.65. The van der Waals surface area contributed by atoms with E-state index in [1.807, 2.05) is 6.92 Å². The number of phenolic OH excluding ortho intramolecular Hbond substituents is 1. The van der Waals surface area contributed by atoms with Crippen LogP contribution in [0.1, 0.15) is 23.7 Å². The summed E-state index contributed by atoms with van der Waals surface area (Å²) >= 11 is 0. The molecule has 0 spiro atoms. The highest BCUT2D eigenvalue weighted by molar-refractivity contribution is 5.97. The zero-order valence-electron chi connectivity index (χ0n) is 11.3. The summed E-state index contributed by atoms with van der Waals surface area (Å²) in [6.07, 6.45) is 0.830. The van der Waals surface area contributed by atoms with Gasteiger partial charge in [-0.05, 0) is 24.6 Å². The van der Waals surface area contributed by atoms with Gasteiger partial charge in [-0.15, -0.1) is 0 Å². The molecule has 1 fully saturated rings. The highest BCUT2D eigenvalue weighted by atomic mass is 16.5. The van der Waals surface area contributed by atoms with Gasteiger partial charge in [-0.3, -0.25) is 4.79 Å². The molecular weight excluding hydrogens is 246 g/mol. The van der Waals surface area contributed by atoms with E-state index in [0.717, 1.165) is 6.42 Å². The molecule has 1 aromatic rings. The highest BCUT2D eigenvalue weighted by Crippen LogP contribution is 2.26. The maximum absolute atomic E-state index is 12.5. The Morgan fingerprint density at radius 3 is 3.05 bits per heavy atom. The third-order valence-electron chi connectivity index (χ3n) is 3.39. The number of ether oxygens (including phenoxy) is 2. The van der Waals surface area contributed by atoms with E-state index in [2.05, 4.69) is 0 Å². The molecule has 5 nitrogen and oxygen atoms in total. The van der Waals surface area contributed by atoms with Gasteiger partial charge in [0.2, 0.25) is 0 Å². The first-order valence-electron chi connectivity index (χ1n) is 6.43. The van der Waals surface area contributed by atoms with Gasteiger partial charge in [0.25, 0.3) is 5.91 Å². The highest BCUT2D eigenvalue weighted by Gasteiger charge is 2.28. The molecular formula is C14H19NO4. The van der Waals surface area contributed by atoms with Crippen LogP contribution < -0.4 is 4.74 Å². The molecule has 19 heavy (non-hydrogen) atoms. The maximum atomic E-state index is 12.5. The molecule has 0 saturated carbocycles. The molecule has 0 aliphatic carbocycles. The number of phenols is 1. The molecule has 1 aromatic carbocycles. The van der Waals surface area contributed by atoms with Gasteiger partial charge >= 0.3 is 0 Å². The number of rotatable bonds is 3. The molecule has 0 bridgehead atoms. The molecule has 1 saturated heterocycles. The molecule has 1 aliphatic heterocycles. The lowest BCUT2D eigenvalue weighted by atomic mass is 10.1. The number of hydrogen-bond acceptors (Lipinski definition) is 4. The van der Waals surface area contributed by atoms with Crippen molar-refractivity contribution in [1.82, 2.24) is 4.90 Å². The van der Waals surface area contributed by atoms with E-state index in [-0.39, 0.29) is 23.3 Å². The number of amides is 1. The van der Waals surface area contributed by atoms with Crippen molar-refractivity contribution in [3.05, 3.63) is 23.8 Å². The van der Waals surface area contributed by atoms with Gasteiger partial charge in [0, 0.05) is 6.54 Å². The summed E-state index contributed by atoms with van der Waals surface area (Å²) in [5, 5.41) is 9.86. The largest absolute Gasteiger partial charge is 0.507 e. The van der Waals surface area contributed by atoms with Crippen molar-refractivity contribution in [2.24, 2.45) is 0 Å². The van der Waals surface area contributed by atoms with Crippen LogP contribution in [0.2, 0.25) is 0 Å². The quantitative estimate of drug-likeness (QED) is 0.902. The van der Waals surface area contributed by atoms with Crippen LogP contribution in [0, 0.1) is 0 Å². The lowest BCUT2D eigenvalue weighted by molar-refractivity contribution is -0.00295. The monoisotopic (exact) mass is 265 g/mol. The standard InChI is InChI=1S/C14H19NO4/c1-3-10-9-19-7-6-15(10)14(17)12-8-11(18-2)4-5-13(12)16/h4-5,8,10,16H,3,6-7,9H2,1-2H3. The van der Waals surface area contributed by atoms with Crippen LogP contribution in [0.15, 0.2) is 18.2 Å². The van der Waals surface area contributed by atoms with Crippen molar-refractivity contribution in [2.45, 2.75) is 19.4 Å². The number of hydrogen-bond donors (Lipinski definition) is 1. The van der Waals surface area contributed by atoms with Crippen molar-refractivity contribution in [3.63, 3.8) is 0 Å². The zero-order valence-corrected chi connectivity index (χ0v) is 11.3. The van der Waals surface area contributed by atoms with Crippen molar-refractivity contribution in [1.29, 1.82) is 0 Å². The predicted octanol–water partition coefficient (Wildman–Crippen LogP) is 1.65. The molecule has 1 N–H and O–H groups in total. The normalized spacial score (nSPS) is 19.3. The number of carbonyl (C=O) groups is 1. The number of benzene rings is 1. The van der Waals surface area contributed by atoms with E-state index in [0.29, 0.717) is 25.5 Å². The van der Waals surface area contributed by atoms with E-state index in [4.69, 9.17) is 9.47 Å². The number of morpholine rings is 1. The summed E-state index contributed by atoms with van der Waals surface area (Å²) in [7, 11) is 1.53. The van der Waals surface area contributed by atoms with Crippen LogP contribution in [0.25, 0.3) is 0 Å². The third kappa shape index (κ3) is 2.81. The van der Waals surface area contributed by atoms with Gasteiger partial charge in [0.15, 0.2) is 0 Å². The zero-order chi connectivity index (χ0) is 13.8. The average Bonchev–Trinajstić information content (AvgIpc) is 2.47. The van der Waals surface area contributed by atoms with Crippen LogP contribution in [-0.2, 0) is 4.74 Å². The first kappa shape index (κ1) is 13.7. The summed E-state index contributed by atoms with van der Waals surface area (Å²) in [5.41, 5.74) is 0.278. The van der Waals surface area contributed by atoms with Gasteiger partial charge in [-0.25, -0.2) is 0 Å². The number of nitrogens with zero attached hydrogens (tertiary/aromatic N) is 1. The van der Waals surface area contributed by atoms with Gasteiger partial charge < -0.3 is 19.5 Å². The Bertz CT molecular complexity index is 461. The van der Waals surface area contributed by atoms with E-state index in [9.17, 15) is 9.90 Å². The van der Waals surface area contributed by atoms with Crippen molar-refractivity contribution >= 4 is 5.91 Å². The Hall–Kier alpha value is -1.75. The number of aromatic hydroxyl groups is 1. The fourth-order valence-electron chi connectivity index (χ4n) is 2.23. The summed E-state index contributed by atoms with van der Waals surface area (Å²) in [4.78, 5) is 14.3. The van der Waals surface area contributed by atoms with E-state index >= 15 is 0 Å². The van der Waals surface area contributed by atoms with E-state index < -0.39 is 0 Å². The predicted molar refractivity (Wildman–Crippen MR) is 70.6 cm³/mol. The Kier molecular flexibility index (Phi) is 4.27. The summed E-state index contributed by atoms with van der Waals surface area (Å²) in [6, 6.07) is 4.74.